The minimum absolute atomic E-state index is 0.103. The fraction of sp³-hybridized carbons (Fsp3) is 0.571. The Bertz CT molecular complexity index is 433. The summed E-state index contributed by atoms with van der Waals surface area (Å²) in [7, 11) is 0. The van der Waals surface area contributed by atoms with Crippen molar-refractivity contribution in [3.05, 3.63) is 35.4 Å². The van der Waals surface area contributed by atoms with Crippen LogP contribution in [0.25, 0.3) is 0 Å². The first kappa shape index (κ1) is 14.4. The van der Waals surface area contributed by atoms with E-state index >= 15 is 0 Å². The van der Waals surface area contributed by atoms with Crippen molar-refractivity contribution in [3.8, 4) is 0 Å². The van der Waals surface area contributed by atoms with Crippen molar-refractivity contribution in [3.63, 3.8) is 0 Å². The molecule has 1 aliphatic rings. The van der Waals surface area contributed by atoms with Crippen LogP contribution >= 0.6 is 0 Å². The Morgan fingerprint density at radius 3 is 2.89 bits per heavy atom. The lowest BCUT2D eigenvalue weighted by Gasteiger charge is -2.24. The highest BCUT2D eigenvalue weighted by molar-refractivity contribution is 5.21. The smallest absolute Gasteiger partial charge is 0.131 e. The quantitative estimate of drug-likeness (QED) is 0.862. The average Bonchev–Trinajstić information content (AvgIpc) is 2.76. The van der Waals surface area contributed by atoms with E-state index in [0.717, 1.165) is 31.6 Å². The molecule has 0 aliphatic carbocycles. The molecule has 1 heterocycles. The van der Waals surface area contributed by atoms with Crippen molar-refractivity contribution >= 4 is 0 Å². The standard InChI is InChI=1S/C14H19F2NO2/c1-14(5-2-6-19-14)9-17-8-13(18)11-4-3-10(15)7-12(11)16/h3-4,7,13,17-18H,2,5-6,8-9H2,1H3. The zero-order valence-corrected chi connectivity index (χ0v) is 11.0. The van der Waals surface area contributed by atoms with Gasteiger partial charge in [-0.25, -0.2) is 8.78 Å². The largest absolute Gasteiger partial charge is 0.387 e. The van der Waals surface area contributed by atoms with Gasteiger partial charge in [0.2, 0.25) is 0 Å². The number of rotatable bonds is 5. The van der Waals surface area contributed by atoms with E-state index in [0.29, 0.717) is 6.54 Å². The summed E-state index contributed by atoms with van der Waals surface area (Å²) >= 11 is 0. The molecular weight excluding hydrogens is 252 g/mol. The molecule has 1 saturated heterocycles. The molecule has 0 aromatic heterocycles. The molecule has 0 spiro atoms. The average molecular weight is 271 g/mol. The van der Waals surface area contributed by atoms with Crippen LogP contribution in [0.15, 0.2) is 18.2 Å². The molecule has 0 radical (unpaired) electrons. The highest BCUT2D eigenvalue weighted by Crippen LogP contribution is 2.24. The predicted molar refractivity (Wildman–Crippen MR) is 67.8 cm³/mol. The van der Waals surface area contributed by atoms with E-state index in [-0.39, 0.29) is 17.7 Å². The fourth-order valence-electron chi connectivity index (χ4n) is 2.33. The first-order chi connectivity index (χ1) is 9.00. The van der Waals surface area contributed by atoms with Crippen molar-refractivity contribution in [2.75, 3.05) is 19.7 Å². The zero-order valence-electron chi connectivity index (χ0n) is 11.0. The fourth-order valence-corrected chi connectivity index (χ4v) is 2.33. The Labute approximate surface area is 111 Å². The normalized spacial score (nSPS) is 24.6. The van der Waals surface area contributed by atoms with E-state index in [1.165, 1.54) is 6.07 Å². The van der Waals surface area contributed by atoms with Gasteiger partial charge < -0.3 is 15.2 Å². The number of halogens is 2. The van der Waals surface area contributed by atoms with Crippen LogP contribution in [0.2, 0.25) is 0 Å². The summed E-state index contributed by atoms with van der Waals surface area (Å²) in [5.74, 6) is -1.37. The van der Waals surface area contributed by atoms with Crippen LogP contribution in [0, 0.1) is 11.6 Å². The molecule has 1 fully saturated rings. The van der Waals surface area contributed by atoms with Crippen molar-refractivity contribution in [2.24, 2.45) is 0 Å². The number of hydrogen-bond donors (Lipinski definition) is 2. The number of aliphatic hydroxyl groups excluding tert-OH is 1. The zero-order chi connectivity index (χ0) is 13.9. The monoisotopic (exact) mass is 271 g/mol. The molecule has 0 saturated carbocycles. The van der Waals surface area contributed by atoms with Gasteiger partial charge in [0.15, 0.2) is 0 Å². The summed E-state index contributed by atoms with van der Waals surface area (Å²) in [5.41, 5.74) is -0.104. The van der Waals surface area contributed by atoms with Crippen molar-refractivity contribution in [1.82, 2.24) is 5.32 Å². The molecule has 0 bridgehead atoms. The number of nitrogens with one attached hydrogen (secondary N) is 1. The van der Waals surface area contributed by atoms with Gasteiger partial charge >= 0.3 is 0 Å². The Morgan fingerprint density at radius 2 is 2.26 bits per heavy atom. The molecule has 5 heteroatoms. The molecule has 2 atom stereocenters. The molecular formula is C14H19F2NO2. The molecule has 1 aliphatic heterocycles. The van der Waals surface area contributed by atoms with Gasteiger partial charge in [0.1, 0.15) is 11.6 Å². The van der Waals surface area contributed by atoms with Gasteiger partial charge in [0, 0.05) is 31.3 Å². The highest BCUT2D eigenvalue weighted by Gasteiger charge is 2.29. The van der Waals surface area contributed by atoms with Gasteiger partial charge in [-0.1, -0.05) is 6.07 Å². The molecule has 2 N–H and O–H groups in total. The maximum absolute atomic E-state index is 13.5. The summed E-state index contributed by atoms with van der Waals surface area (Å²) in [4.78, 5) is 0. The molecule has 2 rings (SSSR count). The molecule has 2 unspecified atom stereocenters. The number of hydrogen-bond acceptors (Lipinski definition) is 3. The minimum Gasteiger partial charge on any atom is -0.387 e. The van der Waals surface area contributed by atoms with Crippen molar-refractivity contribution in [1.29, 1.82) is 0 Å². The van der Waals surface area contributed by atoms with Crippen molar-refractivity contribution < 1.29 is 18.6 Å². The third-order valence-corrected chi connectivity index (χ3v) is 3.46. The molecule has 0 amide bonds. The lowest BCUT2D eigenvalue weighted by atomic mass is 10.0. The lowest BCUT2D eigenvalue weighted by molar-refractivity contribution is 0.0184. The number of benzene rings is 1. The van der Waals surface area contributed by atoms with Crippen LogP contribution in [0.3, 0.4) is 0 Å². The maximum atomic E-state index is 13.5. The topological polar surface area (TPSA) is 41.5 Å². The summed E-state index contributed by atoms with van der Waals surface area (Å²) in [6, 6.07) is 3.19. The van der Waals surface area contributed by atoms with E-state index in [1.807, 2.05) is 6.92 Å². The van der Waals surface area contributed by atoms with Crippen LogP contribution in [-0.2, 0) is 4.74 Å². The molecule has 1 aromatic rings. The number of ether oxygens (including phenoxy) is 1. The Balaban J connectivity index is 1.85. The summed E-state index contributed by atoms with van der Waals surface area (Å²) < 4.78 is 31.8. The maximum Gasteiger partial charge on any atom is 0.131 e. The van der Waals surface area contributed by atoms with Gasteiger partial charge in [-0.15, -0.1) is 0 Å². The van der Waals surface area contributed by atoms with Gasteiger partial charge in [-0.2, -0.15) is 0 Å². The van der Waals surface area contributed by atoms with Crippen molar-refractivity contribution in [2.45, 2.75) is 31.5 Å². The molecule has 19 heavy (non-hydrogen) atoms. The van der Waals surface area contributed by atoms with E-state index in [4.69, 9.17) is 4.74 Å². The summed E-state index contributed by atoms with van der Waals surface area (Å²) in [6.45, 7) is 3.58. The predicted octanol–water partition coefficient (Wildman–Crippen LogP) is 2.16. The lowest BCUT2D eigenvalue weighted by Crippen LogP contribution is -2.38. The van der Waals surface area contributed by atoms with Gasteiger partial charge in [-0.3, -0.25) is 0 Å². The van der Waals surface area contributed by atoms with E-state index in [1.54, 1.807) is 0 Å². The Morgan fingerprint density at radius 1 is 1.47 bits per heavy atom. The van der Waals surface area contributed by atoms with E-state index in [9.17, 15) is 13.9 Å². The van der Waals surface area contributed by atoms with E-state index in [2.05, 4.69) is 5.32 Å². The second-order valence-electron chi connectivity index (χ2n) is 5.21. The third-order valence-electron chi connectivity index (χ3n) is 3.46. The van der Waals surface area contributed by atoms with Crippen LogP contribution in [0.4, 0.5) is 8.78 Å². The van der Waals surface area contributed by atoms with Gasteiger partial charge in [-0.05, 0) is 25.8 Å². The second-order valence-corrected chi connectivity index (χ2v) is 5.21. The molecule has 3 nitrogen and oxygen atoms in total. The van der Waals surface area contributed by atoms with Gasteiger partial charge in [0.05, 0.1) is 11.7 Å². The Kier molecular flexibility index (Phi) is 4.50. The second kappa shape index (κ2) is 5.94. The summed E-state index contributed by atoms with van der Waals surface area (Å²) in [6.07, 6.45) is 1.01. The minimum atomic E-state index is -0.995. The van der Waals surface area contributed by atoms with E-state index < -0.39 is 17.7 Å². The van der Waals surface area contributed by atoms with Crippen LogP contribution in [-0.4, -0.2) is 30.4 Å². The summed E-state index contributed by atoms with van der Waals surface area (Å²) in [5, 5.41) is 13.0. The van der Waals surface area contributed by atoms with Crippen LogP contribution < -0.4 is 5.32 Å². The highest BCUT2D eigenvalue weighted by atomic mass is 19.1. The SMILES string of the molecule is CC1(CNCC(O)c2ccc(F)cc2F)CCCO1. The third kappa shape index (κ3) is 3.72. The van der Waals surface area contributed by atoms with Crippen LogP contribution in [0.5, 0.6) is 0 Å². The Hall–Kier alpha value is -1.04. The van der Waals surface area contributed by atoms with Crippen LogP contribution in [0.1, 0.15) is 31.4 Å². The number of aliphatic hydroxyl groups is 1. The molecule has 106 valence electrons. The van der Waals surface area contributed by atoms with Gasteiger partial charge in [0.25, 0.3) is 0 Å². The first-order valence-electron chi connectivity index (χ1n) is 6.48. The first-order valence-corrected chi connectivity index (χ1v) is 6.48. The molecule has 1 aromatic carbocycles.